The van der Waals surface area contributed by atoms with E-state index in [-0.39, 0.29) is 29.0 Å². The smallest absolute Gasteiger partial charge is 0.271 e. The van der Waals surface area contributed by atoms with E-state index >= 15 is 0 Å². The molecule has 0 radical (unpaired) electrons. The van der Waals surface area contributed by atoms with Gasteiger partial charge in [0.25, 0.3) is 5.56 Å². The first-order valence-corrected chi connectivity index (χ1v) is 6.97. The van der Waals surface area contributed by atoms with E-state index in [0.29, 0.717) is 6.42 Å². The first kappa shape index (κ1) is 15.6. The van der Waals surface area contributed by atoms with E-state index in [0.717, 1.165) is 11.0 Å². The quantitative estimate of drug-likeness (QED) is 0.855. The molecule has 0 unspecified atom stereocenters. The Bertz CT molecular complexity index is 795. The highest BCUT2D eigenvalue weighted by Gasteiger charge is 2.25. The van der Waals surface area contributed by atoms with E-state index in [9.17, 15) is 20.0 Å². The van der Waals surface area contributed by atoms with Crippen molar-refractivity contribution in [3.8, 4) is 11.9 Å². The number of hydrogen-bond acceptors (Lipinski definition) is 5. The van der Waals surface area contributed by atoms with Crippen LogP contribution in [0, 0.1) is 18.3 Å². The van der Waals surface area contributed by atoms with Gasteiger partial charge in [0, 0.05) is 6.54 Å². The summed E-state index contributed by atoms with van der Waals surface area (Å²) in [7, 11) is 0. The lowest BCUT2D eigenvalue weighted by Gasteiger charge is -2.14. The van der Waals surface area contributed by atoms with E-state index < -0.39 is 17.2 Å². The Labute approximate surface area is 127 Å². The van der Waals surface area contributed by atoms with Gasteiger partial charge in [-0.2, -0.15) is 5.26 Å². The number of nitrogens with zero attached hydrogens (tertiary/aromatic N) is 2. The number of aromatic hydroxyl groups is 1. The Morgan fingerprint density at radius 1 is 1.50 bits per heavy atom. The van der Waals surface area contributed by atoms with Crippen LogP contribution in [0.15, 0.2) is 27.6 Å². The van der Waals surface area contributed by atoms with Gasteiger partial charge in [-0.25, -0.2) is 0 Å². The highest BCUT2D eigenvalue weighted by Crippen LogP contribution is 2.25. The van der Waals surface area contributed by atoms with Gasteiger partial charge < -0.3 is 9.52 Å². The van der Waals surface area contributed by atoms with Crippen molar-refractivity contribution in [3.63, 3.8) is 0 Å². The maximum absolute atomic E-state index is 12.5. The SMILES string of the molecule is CCCCn1c(O)c(C(=O)c2ccco2)c(C)c(C#N)c1=O. The molecule has 0 saturated carbocycles. The second-order valence-corrected chi connectivity index (χ2v) is 4.93. The summed E-state index contributed by atoms with van der Waals surface area (Å²) in [6.45, 7) is 3.66. The molecule has 0 aromatic carbocycles. The van der Waals surface area contributed by atoms with E-state index in [1.807, 2.05) is 13.0 Å². The normalized spacial score (nSPS) is 10.4. The van der Waals surface area contributed by atoms with Crippen LogP contribution in [0.25, 0.3) is 0 Å². The van der Waals surface area contributed by atoms with Gasteiger partial charge in [-0.3, -0.25) is 14.2 Å². The Hall–Kier alpha value is -2.81. The van der Waals surface area contributed by atoms with Gasteiger partial charge in [0.05, 0.1) is 11.8 Å². The average Bonchev–Trinajstić information content (AvgIpc) is 3.01. The van der Waals surface area contributed by atoms with Gasteiger partial charge in [-0.15, -0.1) is 0 Å². The summed E-state index contributed by atoms with van der Waals surface area (Å²) in [5, 5.41) is 19.6. The molecule has 6 heteroatoms. The van der Waals surface area contributed by atoms with Crippen LogP contribution in [0.5, 0.6) is 5.88 Å². The molecule has 0 aliphatic heterocycles. The van der Waals surface area contributed by atoms with Crippen LogP contribution < -0.4 is 5.56 Å². The largest absolute Gasteiger partial charge is 0.494 e. The molecule has 2 heterocycles. The van der Waals surface area contributed by atoms with Crippen molar-refractivity contribution in [2.45, 2.75) is 33.2 Å². The predicted octanol–water partition coefficient (Wildman–Crippen LogP) is 2.36. The van der Waals surface area contributed by atoms with E-state index in [1.165, 1.54) is 19.3 Å². The van der Waals surface area contributed by atoms with Crippen LogP contribution in [0.4, 0.5) is 0 Å². The average molecular weight is 300 g/mol. The maximum Gasteiger partial charge on any atom is 0.271 e. The summed E-state index contributed by atoms with van der Waals surface area (Å²) in [6.07, 6.45) is 2.80. The molecular weight excluding hydrogens is 284 g/mol. The number of ketones is 1. The molecule has 0 amide bonds. The van der Waals surface area contributed by atoms with Crippen LogP contribution in [0.3, 0.4) is 0 Å². The predicted molar refractivity (Wildman–Crippen MR) is 78.9 cm³/mol. The molecule has 0 saturated heterocycles. The fourth-order valence-electron chi connectivity index (χ4n) is 2.28. The zero-order valence-electron chi connectivity index (χ0n) is 12.4. The third-order valence-electron chi connectivity index (χ3n) is 3.51. The van der Waals surface area contributed by atoms with Gasteiger partial charge in [0.2, 0.25) is 11.7 Å². The number of aromatic nitrogens is 1. The molecule has 0 aliphatic rings. The third kappa shape index (κ3) is 2.53. The number of furan rings is 1. The lowest BCUT2D eigenvalue weighted by Crippen LogP contribution is -2.26. The van der Waals surface area contributed by atoms with Crippen molar-refractivity contribution in [2.24, 2.45) is 0 Å². The number of rotatable bonds is 5. The molecular formula is C16H16N2O4. The minimum Gasteiger partial charge on any atom is -0.494 e. The van der Waals surface area contributed by atoms with E-state index in [4.69, 9.17) is 4.42 Å². The van der Waals surface area contributed by atoms with Crippen molar-refractivity contribution in [1.82, 2.24) is 4.57 Å². The van der Waals surface area contributed by atoms with Crippen LogP contribution in [-0.2, 0) is 6.54 Å². The molecule has 0 aliphatic carbocycles. The maximum atomic E-state index is 12.5. The highest BCUT2D eigenvalue weighted by molar-refractivity contribution is 6.09. The molecule has 114 valence electrons. The highest BCUT2D eigenvalue weighted by atomic mass is 16.3. The Morgan fingerprint density at radius 3 is 2.77 bits per heavy atom. The number of carbonyl (C=O) groups excluding carboxylic acids is 1. The summed E-state index contributed by atoms with van der Waals surface area (Å²) in [6, 6.07) is 4.84. The van der Waals surface area contributed by atoms with E-state index in [2.05, 4.69) is 0 Å². The van der Waals surface area contributed by atoms with Crippen molar-refractivity contribution >= 4 is 5.78 Å². The molecule has 0 fully saturated rings. The Balaban J connectivity index is 2.71. The van der Waals surface area contributed by atoms with Crippen molar-refractivity contribution < 1.29 is 14.3 Å². The second-order valence-electron chi connectivity index (χ2n) is 4.93. The topological polar surface area (TPSA) is 96.2 Å². The second kappa shape index (κ2) is 6.31. The molecule has 2 aromatic rings. The van der Waals surface area contributed by atoms with Crippen LogP contribution in [0.2, 0.25) is 0 Å². The Morgan fingerprint density at radius 2 is 2.23 bits per heavy atom. The summed E-state index contributed by atoms with van der Waals surface area (Å²) >= 11 is 0. The monoisotopic (exact) mass is 300 g/mol. The lowest BCUT2D eigenvalue weighted by molar-refractivity contribution is 0.100. The van der Waals surface area contributed by atoms with Crippen LogP contribution >= 0.6 is 0 Å². The molecule has 2 aromatic heterocycles. The van der Waals surface area contributed by atoms with Gasteiger partial charge in [0.1, 0.15) is 11.6 Å². The fraction of sp³-hybridized carbons (Fsp3) is 0.312. The molecule has 2 rings (SSSR count). The molecule has 0 bridgehead atoms. The first-order valence-electron chi connectivity index (χ1n) is 6.97. The standard InChI is InChI=1S/C16H16N2O4/c1-3-4-7-18-15(20)11(9-17)10(2)13(16(18)21)14(19)12-6-5-8-22-12/h5-6,8,21H,3-4,7H2,1-2H3. The van der Waals surface area contributed by atoms with Gasteiger partial charge >= 0.3 is 0 Å². The molecule has 22 heavy (non-hydrogen) atoms. The van der Waals surface area contributed by atoms with Crippen molar-refractivity contribution in [1.29, 1.82) is 5.26 Å². The Kier molecular flexibility index (Phi) is 4.47. The molecule has 6 nitrogen and oxygen atoms in total. The summed E-state index contributed by atoms with van der Waals surface area (Å²) in [5.41, 5.74) is -0.618. The third-order valence-corrected chi connectivity index (χ3v) is 3.51. The van der Waals surface area contributed by atoms with Crippen LogP contribution in [-0.4, -0.2) is 15.5 Å². The van der Waals surface area contributed by atoms with Gasteiger partial charge in [0.15, 0.2) is 5.76 Å². The number of pyridine rings is 1. The minimum atomic E-state index is -0.582. The van der Waals surface area contributed by atoms with Crippen molar-refractivity contribution in [3.05, 3.63) is 51.2 Å². The summed E-state index contributed by atoms with van der Waals surface area (Å²) in [4.78, 5) is 24.7. The lowest BCUT2D eigenvalue weighted by atomic mass is 10.0. The van der Waals surface area contributed by atoms with Crippen molar-refractivity contribution in [2.75, 3.05) is 0 Å². The van der Waals surface area contributed by atoms with Gasteiger partial charge in [-0.05, 0) is 31.0 Å². The van der Waals surface area contributed by atoms with Crippen LogP contribution in [0.1, 0.15) is 47.0 Å². The zero-order chi connectivity index (χ0) is 16.3. The number of unbranched alkanes of at least 4 members (excludes halogenated alkanes) is 1. The fourth-order valence-corrected chi connectivity index (χ4v) is 2.28. The number of hydrogen-bond donors (Lipinski definition) is 1. The molecule has 1 N–H and O–H groups in total. The molecule has 0 spiro atoms. The minimum absolute atomic E-state index is 0.0444. The van der Waals surface area contributed by atoms with E-state index in [1.54, 1.807) is 6.07 Å². The first-order chi connectivity index (χ1) is 10.5. The molecule has 0 atom stereocenters. The number of carbonyl (C=O) groups is 1. The zero-order valence-corrected chi connectivity index (χ0v) is 12.4. The van der Waals surface area contributed by atoms with Gasteiger partial charge in [-0.1, -0.05) is 13.3 Å². The summed E-state index contributed by atoms with van der Waals surface area (Å²) in [5.74, 6) is -0.930. The number of nitriles is 1. The summed E-state index contributed by atoms with van der Waals surface area (Å²) < 4.78 is 6.13.